The molecule has 0 aliphatic carbocycles. The molecule has 6 rings (SSSR count). The molecule has 54 heavy (non-hydrogen) atoms. The van der Waals surface area contributed by atoms with E-state index in [1.165, 1.54) is 0 Å². The summed E-state index contributed by atoms with van der Waals surface area (Å²) in [5.41, 5.74) is 6.94. The van der Waals surface area contributed by atoms with Crippen LogP contribution in [0.15, 0.2) is 48.7 Å². The van der Waals surface area contributed by atoms with Gasteiger partial charge in [-0.3, -0.25) is 9.59 Å². The summed E-state index contributed by atoms with van der Waals surface area (Å²) in [5.74, 6) is 2.77. The molecule has 0 bridgehead atoms. The highest BCUT2D eigenvalue weighted by molar-refractivity contribution is 6.07. The summed E-state index contributed by atoms with van der Waals surface area (Å²) < 4.78 is 17.3. The number of hydrogen-bond acceptors (Lipinski definition) is 7. The van der Waals surface area contributed by atoms with Crippen molar-refractivity contribution in [2.75, 3.05) is 34.0 Å². The number of nitrogens with zero attached hydrogens (tertiary/aromatic N) is 4. The molecule has 288 valence electrons. The molecule has 0 fully saturated rings. The van der Waals surface area contributed by atoms with E-state index >= 15 is 0 Å². The Morgan fingerprint density at radius 1 is 0.870 bits per heavy atom. The van der Waals surface area contributed by atoms with Crippen molar-refractivity contribution < 1.29 is 23.8 Å². The zero-order chi connectivity index (χ0) is 38.5. The van der Waals surface area contributed by atoms with Crippen molar-refractivity contribution in [2.45, 2.75) is 98.4 Å². The highest BCUT2D eigenvalue weighted by Gasteiger charge is 2.30. The Balaban J connectivity index is 1.28. The molecule has 2 N–H and O–H groups in total. The van der Waals surface area contributed by atoms with Crippen molar-refractivity contribution in [3.8, 4) is 28.1 Å². The molecule has 0 radical (unpaired) electrons. The molecule has 0 spiro atoms. The van der Waals surface area contributed by atoms with Crippen LogP contribution in [0.3, 0.4) is 0 Å². The molecule has 11 nitrogen and oxygen atoms in total. The third-order valence-electron chi connectivity index (χ3n) is 10.7. The van der Waals surface area contributed by atoms with Gasteiger partial charge in [-0.15, -0.1) is 0 Å². The number of rotatable bonds is 17. The Bertz CT molecular complexity index is 2090. The standard InChI is InChI=1S/C43H56N6O5/c1-9-12-39(50)48(22-26(4)23-52-7)27(5)42-44-21-37(46-42)30-14-16-33-31(18-30)24-54-38-20-34-29(19-35(33)38)15-17-36-41(34)47-43(45-36)28(6)49(40(51)13-10-2)32(11-3)25-53-8/h14-21,26-28,32H,9-13,22-25H2,1-8H3,(H,44,46)(H,45,47). The van der Waals surface area contributed by atoms with Crippen molar-refractivity contribution in [1.82, 2.24) is 29.7 Å². The Morgan fingerprint density at radius 3 is 2.35 bits per heavy atom. The quantitative estimate of drug-likeness (QED) is 0.0978. The van der Waals surface area contributed by atoms with Crippen LogP contribution >= 0.6 is 0 Å². The summed E-state index contributed by atoms with van der Waals surface area (Å²) in [5, 5.41) is 2.06. The number of benzene rings is 3. The molecule has 1 aliphatic rings. The lowest BCUT2D eigenvalue weighted by atomic mass is 9.92. The van der Waals surface area contributed by atoms with E-state index in [1.54, 1.807) is 14.2 Å². The van der Waals surface area contributed by atoms with E-state index in [4.69, 9.17) is 24.2 Å². The molecule has 1 aliphatic heterocycles. The van der Waals surface area contributed by atoms with Crippen LogP contribution in [0, 0.1) is 5.92 Å². The zero-order valence-electron chi connectivity index (χ0n) is 33.1. The number of carbonyl (C=O) groups excluding carboxylic acids is 2. The number of carbonyl (C=O) groups is 2. The van der Waals surface area contributed by atoms with Crippen LogP contribution in [-0.4, -0.2) is 81.6 Å². The second-order valence-corrected chi connectivity index (χ2v) is 14.8. The first-order chi connectivity index (χ1) is 26.1. The van der Waals surface area contributed by atoms with E-state index < -0.39 is 0 Å². The molecule has 3 heterocycles. The molecule has 4 unspecified atom stereocenters. The highest BCUT2D eigenvalue weighted by atomic mass is 16.5. The summed E-state index contributed by atoms with van der Waals surface area (Å²) in [6.07, 6.45) is 5.21. The molecule has 0 saturated carbocycles. The third kappa shape index (κ3) is 7.88. The van der Waals surface area contributed by atoms with Gasteiger partial charge < -0.3 is 34.0 Å². The number of fused-ring (bicyclic) bond motifs is 6. The Kier molecular flexibility index (Phi) is 12.4. The van der Waals surface area contributed by atoms with Gasteiger partial charge in [-0.05, 0) is 85.4 Å². The van der Waals surface area contributed by atoms with Crippen molar-refractivity contribution in [3.05, 3.63) is 65.9 Å². The number of ether oxygens (including phenoxy) is 3. The van der Waals surface area contributed by atoms with Crippen LogP contribution in [0.4, 0.5) is 0 Å². The maximum Gasteiger partial charge on any atom is 0.223 e. The first kappa shape index (κ1) is 39.0. The van der Waals surface area contributed by atoms with Crippen molar-refractivity contribution in [2.24, 2.45) is 5.92 Å². The summed E-state index contributed by atoms with van der Waals surface area (Å²) in [7, 11) is 3.37. The topological polar surface area (TPSA) is 126 Å². The van der Waals surface area contributed by atoms with Gasteiger partial charge in [0.05, 0.1) is 54.3 Å². The fourth-order valence-corrected chi connectivity index (χ4v) is 7.82. The lowest BCUT2D eigenvalue weighted by Crippen LogP contribution is -2.44. The van der Waals surface area contributed by atoms with Gasteiger partial charge in [0.25, 0.3) is 0 Å². The minimum Gasteiger partial charge on any atom is -0.488 e. The lowest BCUT2D eigenvalue weighted by Gasteiger charge is -2.35. The van der Waals surface area contributed by atoms with E-state index in [9.17, 15) is 9.59 Å². The average Bonchev–Trinajstić information content (AvgIpc) is 3.85. The van der Waals surface area contributed by atoms with Crippen molar-refractivity contribution >= 4 is 33.6 Å². The first-order valence-corrected chi connectivity index (χ1v) is 19.5. The monoisotopic (exact) mass is 736 g/mol. The number of aromatic amines is 2. The maximum absolute atomic E-state index is 13.4. The molecule has 4 atom stereocenters. The number of H-pyrrole nitrogens is 2. The van der Waals surface area contributed by atoms with E-state index in [1.807, 2.05) is 43.7 Å². The zero-order valence-corrected chi connectivity index (χ0v) is 33.1. The molecular weight excluding hydrogens is 681 g/mol. The number of methoxy groups -OCH3 is 2. The van der Waals surface area contributed by atoms with Crippen LogP contribution in [0.2, 0.25) is 0 Å². The SMILES string of the molecule is CCCC(=O)N(CC(C)COC)C(C)c1ncc(-c2ccc3c(c2)COc2cc4c(ccc5[nH]c(C(C)N(C(=O)CCC)C(CC)COC)nc54)cc2-3)[nH]1. The van der Waals surface area contributed by atoms with Gasteiger partial charge in [0.15, 0.2) is 0 Å². The average molecular weight is 737 g/mol. The Hall–Kier alpha value is -4.74. The predicted octanol–water partition coefficient (Wildman–Crippen LogP) is 8.75. The normalized spacial score (nSPS) is 14.6. The summed E-state index contributed by atoms with van der Waals surface area (Å²) >= 11 is 0. The molecule has 11 heteroatoms. The van der Waals surface area contributed by atoms with Crippen molar-refractivity contribution in [3.63, 3.8) is 0 Å². The van der Waals surface area contributed by atoms with Crippen LogP contribution in [0.5, 0.6) is 5.75 Å². The number of imidazole rings is 2. The van der Waals surface area contributed by atoms with E-state index in [-0.39, 0.29) is 35.9 Å². The van der Waals surface area contributed by atoms with E-state index in [0.29, 0.717) is 39.2 Å². The van der Waals surface area contributed by atoms with Gasteiger partial charge in [0.2, 0.25) is 11.8 Å². The Labute approximate surface area is 318 Å². The molecule has 5 aromatic rings. The summed E-state index contributed by atoms with van der Waals surface area (Å²) in [6, 6.07) is 14.4. The fourth-order valence-electron chi connectivity index (χ4n) is 7.82. The first-order valence-electron chi connectivity index (χ1n) is 19.5. The smallest absolute Gasteiger partial charge is 0.223 e. The molecule has 2 amide bonds. The maximum atomic E-state index is 13.4. The number of hydrogen-bond donors (Lipinski definition) is 2. The van der Waals surface area contributed by atoms with Crippen LogP contribution in [-0.2, 0) is 25.7 Å². The minimum atomic E-state index is -0.247. The van der Waals surface area contributed by atoms with Gasteiger partial charge in [0.1, 0.15) is 24.0 Å². The van der Waals surface area contributed by atoms with Gasteiger partial charge in [0, 0.05) is 44.6 Å². The van der Waals surface area contributed by atoms with Gasteiger partial charge in [-0.1, -0.05) is 45.9 Å². The molecule has 2 aromatic heterocycles. The number of aromatic nitrogens is 4. The summed E-state index contributed by atoms with van der Waals surface area (Å²) in [4.78, 5) is 47.2. The van der Waals surface area contributed by atoms with Crippen LogP contribution in [0.1, 0.15) is 103 Å². The van der Waals surface area contributed by atoms with Crippen molar-refractivity contribution in [1.29, 1.82) is 0 Å². The number of amides is 2. The van der Waals surface area contributed by atoms with Crippen LogP contribution < -0.4 is 4.74 Å². The third-order valence-corrected chi connectivity index (χ3v) is 10.7. The van der Waals surface area contributed by atoms with Gasteiger partial charge in [-0.25, -0.2) is 9.97 Å². The molecule has 0 saturated heterocycles. The molecular formula is C43H56N6O5. The number of nitrogens with one attached hydrogen (secondary N) is 2. The van der Waals surface area contributed by atoms with Gasteiger partial charge >= 0.3 is 0 Å². The second-order valence-electron chi connectivity index (χ2n) is 14.8. The summed E-state index contributed by atoms with van der Waals surface area (Å²) in [6.45, 7) is 14.4. The lowest BCUT2D eigenvalue weighted by molar-refractivity contribution is -0.138. The van der Waals surface area contributed by atoms with E-state index in [2.05, 4.69) is 66.3 Å². The molecule has 3 aromatic carbocycles. The minimum absolute atomic E-state index is 0.0411. The van der Waals surface area contributed by atoms with Gasteiger partial charge in [-0.2, -0.15) is 0 Å². The Morgan fingerprint density at radius 2 is 1.63 bits per heavy atom. The highest BCUT2D eigenvalue weighted by Crippen LogP contribution is 2.43. The predicted molar refractivity (Wildman–Crippen MR) is 213 cm³/mol. The largest absolute Gasteiger partial charge is 0.488 e. The fraction of sp³-hybridized carbons (Fsp3) is 0.488. The second kappa shape index (κ2) is 17.2. The van der Waals surface area contributed by atoms with E-state index in [0.717, 1.165) is 86.4 Å². The van der Waals surface area contributed by atoms with Crippen LogP contribution in [0.25, 0.3) is 44.2 Å².